The summed E-state index contributed by atoms with van der Waals surface area (Å²) in [7, 11) is 0. The number of hydrogen-bond acceptors (Lipinski definition) is 4. The number of fused-ring (bicyclic) bond motifs is 1. The molecule has 0 saturated heterocycles. The van der Waals surface area contributed by atoms with Gasteiger partial charge in [0, 0.05) is 6.07 Å². The number of nitrogens with two attached hydrogens (primary N) is 1. The van der Waals surface area contributed by atoms with E-state index >= 15 is 0 Å². The zero-order chi connectivity index (χ0) is 12.6. The van der Waals surface area contributed by atoms with E-state index in [0.29, 0.717) is 11.4 Å². The van der Waals surface area contributed by atoms with Gasteiger partial charge in [-0.05, 0) is 19.1 Å². The number of phenolic OH excluding ortho intramolecular Hbond substituents is 1. The van der Waals surface area contributed by atoms with Crippen LogP contribution in [0.1, 0.15) is 6.92 Å². The Balaban J connectivity index is 2.45. The Morgan fingerprint density at radius 2 is 2.29 bits per heavy atom. The molecule has 2 rings (SSSR count). The molecule has 3 N–H and O–H groups in total. The second-order valence-corrected chi connectivity index (χ2v) is 3.80. The van der Waals surface area contributed by atoms with Crippen LogP contribution in [0.5, 0.6) is 11.5 Å². The number of amides is 2. The molecule has 90 valence electrons. The van der Waals surface area contributed by atoms with E-state index in [4.69, 9.17) is 10.5 Å². The van der Waals surface area contributed by atoms with Gasteiger partial charge in [-0.2, -0.15) is 0 Å². The van der Waals surface area contributed by atoms with Gasteiger partial charge in [0.25, 0.3) is 5.91 Å². The van der Waals surface area contributed by atoms with Gasteiger partial charge in [0.2, 0.25) is 5.91 Å². The number of carbonyl (C=O) groups is 2. The van der Waals surface area contributed by atoms with Crippen molar-refractivity contribution in [3.05, 3.63) is 18.2 Å². The van der Waals surface area contributed by atoms with E-state index in [0.717, 1.165) is 0 Å². The van der Waals surface area contributed by atoms with Crippen LogP contribution < -0.4 is 15.4 Å². The number of aromatic hydroxyl groups is 1. The Kier molecular flexibility index (Phi) is 2.63. The van der Waals surface area contributed by atoms with E-state index in [1.54, 1.807) is 6.92 Å². The molecule has 1 aliphatic heterocycles. The maximum atomic E-state index is 11.8. The number of phenols is 1. The molecule has 1 atom stereocenters. The molecular formula is C11H12N2O4. The van der Waals surface area contributed by atoms with Crippen molar-refractivity contribution in [2.45, 2.75) is 13.0 Å². The Hall–Kier alpha value is -2.24. The second kappa shape index (κ2) is 3.97. The molecule has 2 amide bonds. The lowest BCUT2D eigenvalue weighted by atomic mass is 10.2. The minimum Gasteiger partial charge on any atom is -0.508 e. The third-order valence-electron chi connectivity index (χ3n) is 2.47. The van der Waals surface area contributed by atoms with E-state index in [1.807, 2.05) is 0 Å². The molecule has 0 spiro atoms. The van der Waals surface area contributed by atoms with Crippen LogP contribution in [0.4, 0.5) is 5.69 Å². The number of ether oxygens (including phenoxy) is 1. The molecule has 6 nitrogen and oxygen atoms in total. The van der Waals surface area contributed by atoms with Crippen molar-refractivity contribution in [3.63, 3.8) is 0 Å². The molecular weight excluding hydrogens is 224 g/mol. The fourth-order valence-electron chi connectivity index (χ4n) is 1.72. The maximum absolute atomic E-state index is 11.8. The van der Waals surface area contributed by atoms with Gasteiger partial charge >= 0.3 is 0 Å². The van der Waals surface area contributed by atoms with Crippen LogP contribution >= 0.6 is 0 Å². The minimum atomic E-state index is -0.705. The number of rotatable bonds is 2. The highest BCUT2D eigenvalue weighted by molar-refractivity contribution is 6.03. The van der Waals surface area contributed by atoms with E-state index in [1.165, 1.54) is 23.1 Å². The minimum absolute atomic E-state index is 0.0318. The molecule has 0 radical (unpaired) electrons. The van der Waals surface area contributed by atoms with Gasteiger partial charge in [-0.1, -0.05) is 0 Å². The molecule has 0 aliphatic carbocycles. The van der Waals surface area contributed by atoms with Gasteiger partial charge in [-0.25, -0.2) is 0 Å². The van der Waals surface area contributed by atoms with Crippen molar-refractivity contribution in [1.82, 2.24) is 0 Å². The van der Waals surface area contributed by atoms with Crippen LogP contribution in [0.3, 0.4) is 0 Å². The first-order chi connectivity index (χ1) is 7.99. The van der Waals surface area contributed by atoms with Gasteiger partial charge in [0.15, 0.2) is 6.10 Å². The highest BCUT2D eigenvalue weighted by atomic mass is 16.5. The molecule has 17 heavy (non-hydrogen) atoms. The number of benzene rings is 1. The molecule has 1 aromatic carbocycles. The van der Waals surface area contributed by atoms with Gasteiger partial charge in [0.1, 0.15) is 18.0 Å². The van der Waals surface area contributed by atoms with Gasteiger partial charge in [-0.3, -0.25) is 14.5 Å². The summed E-state index contributed by atoms with van der Waals surface area (Å²) in [5.41, 5.74) is 5.53. The first kappa shape index (κ1) is 11.3. The fraction of sp³-hybridized carbons (Fsp3) is 0.273. The monoisotopic (exact) mass is 236 g/mol. The molecule has 0 bridgehead atoms. The predicted molar refractivity (Wildman–Crippen MR) is 59.7 cm³/mol. The molecule has 0 fully saturated rings. The van der Waals surface area contributed by atoms with Crippen LogP contribution in [0.15, 0.2) is 18.2 Å². The van der Waals surface area contributed by atoms with Crippen LogP contribution in [0, 0.1) is 0 Å². The third kappa shape index (κ3) is 2.01. The first-order valence-corrected chi connectivity index (χ1v) is 5.08. The molecule has 0 aromatic heterocycles. The number of primary amides is 1. The Bertz CT molecular complexity index is 486. The second-order valence-electron chi connectivity index (χ2n) is 3.80. The topological polar surface area (TPSA) is 92.9 Å². The molecule has 0 saturated carbocycles. The average molecular weight is 236 g/mol. The summed E-state index contributed by atoms with van der Waals surface area (Å²) < 4.78 is 5.33. The van der Waals surface area contributed by atoms with Crippen molar-refractivity contribution in [3.8, 4) is 11.5 Å². The standard InChI is InChI=1S/C11H12N2O4/c1-6-11(16)13(5-10(12)15)8-3-2-7(14)4-9(8)17-6/h2-4,6,14H,5H2,1H3,(H2,12,15). The first-order valence-electron chi connectivity index (χ1n) is 5.08. The van der Waals surface area contributed by atoms with Crippen LogP contribution in [-0.2, 0) is 9.59 Å². The van der Waals surface area contributed by atoms with Crippen molar-refractivity contribution < 1.29 is 19.4 Å². The average Bonchev–Trinajstić information content (AvgIpc) is 2.24. The Morgan fingerprint density at radius 3 is 2.94 bits per heavy atom. The highest BCUT2D eigenvalue weighted by Crippen LogP contribution is 2.36. The summed E-state index contributed by atoms with van der Waals surface area (Å²) in [6.07, 6.45) is -0.705. The number of anilines is 1. The lowest BCUT2D eigenvalue weighted by molar-refractivity contribution is -0.127. The van der Waals surface area contributed by atoms with Crippen molar-refractivity contribution in [2.75, 3.05) is 11.4 Å². The summed E-state index contributed by atoms with van der Waals surface area (Å²) in [6.45, 7) is 1.37. The SMILES string of the molecule is CC1Oc2cc(O)ccc2N(CC(N)=O)C1=O. The van der Waals surface area contributed by atoms with Crippen LogP contribution in [0.25, 0.3) is 0 Å². The summed E-state index contributed by atoms with van der Waals surface area (Å²) in [4.78, 5) is 24.0. The van der Waals surface area contributed by atoms with Crippen LogP contribution in [-0.4, -0.2) is 29.6 Å². The maximum Gasteiger partial charge on any atom is 0.268 e. The van der Waals surface area contributed by atoms with Gasteiger partial charge in [-0.15, -0.1) is 0 Å². The van der Waals surface area contributed by atoms with E-state index in [9.17, 15) is 14.7 Å². The lowest BCUT2D eigenvalue weighted by Crippen LogP contribution is -2.47. The number of nitrogens with zero attached hydrogens (tertiary/aromatic N) is 1. The van der Waals surface area contributed by atoms with E-state index in [-0.39, 0.29) is 18.2 Å². The Labute approximate surface area is 97.6 Å². The number of carbonyl (C=O) groups excluding carboxylic acids is 2. The Morgan fingerprint density at radius 1 is 1.59 bits per heavy atom. The van der Waals surface area contributed by atoms with E-state index in [2.05, 4.69) is 0 Å². The normalized spacial score (nSPS) is 18.5. The van der Waals surface area contributed by atoms with Crippen molar-refractivity contribution in [2.24, 2.45) is 5.73 Å². The van der Waals surface area contributed by atoms with Crippen molar-refractivity contribution in [1.29, 1.82) is 0 Å². The largest absolute Gasteiger partial charge is 0.508 e. The highest BCUT2D eigenvalue weighted by Gasteiger charge is 2.32. The summed E-state index contributed by atoms with van der Waals surface area (Å²) in [5, 5.41) is 9.33. The summed E-state index contributed by atoms with van der Waals surface area (Å²) in [5.74, 6) is -0.545. The van der Waals surface area contributed by atoms with Crippen molar-refractivity contribution >= 4 is 17.5 Å². The fourth-order valence-corrected chi connectivity index (χ4v) is 1.72. The number of hydrogen-bond donors (Lipinski definition) is 2. The summed E-state index contributed by atoms with van der Waals surface area (Å²) >= 11 is 0. The van der Waals surface area contributed by atoms with E-state index < -0.39 is 12.0 Å². The molecule has 1 heterocycles. The zero-order valence-electron chi connectivity index (χ0n) is 9.21. The molecule has 1 aliphatic rings. The van der Waals surface area contributed by atoms with Gasteiger partial charge in [0.05, 0.1) is 5.69 Å². The third-order valence-corrected chi connectivity index (χ3v) is 2.47. The summed E-state index contributed by atoms with van der Waals surface area (Å²) in [6, 6.07) is 4.32. The van der Waals surface area contributed by atoms with Gasteiger partial charge < -0.3 is 15.6 Å². The molecule has 1 unspecified atom stereocenters. The lowest BCUT2D eigenvalue weighted by Gasteiger charge is -2.32. The quantitative estimate of drug-likeness (QED) is 0.755. The zero-order valence-corrected chi connectivity index (χ0v) is 9.21. The predicted octanol–water partition coefficient (Wildman–Crippen LogP) is -0.00860. The molecule has 6 heteroatoms. The molecule has 1 aromatic rings. The smallest absolute Gasteiger partial charge is 0.268 e. The van der Waals surface area contributed by atoms with Crippen LogP contribution in [0.2, 0.25) is 0 Å².